The Morgan fingerprint density at radius 3 is 2.33 bits per heavy atom. The molecule has 0 spiro atoms. The van der Waals surface area contributed by atoms with Crippen LogP contribution in [0.15, 0.2) is 0 Å². The highest BCUT2D eigenvalue weighted by molar-refractivity contribution is 4.84. The summed E-state index contributed by atoms with van der Waals surface area (Å²) in [6.07, 6.45) is 16.5. The molecule has 0 aliphatic heterocycles. The summed E-state index contributed by atoms with van der Waals surface area (Å²) < 4.78 is 0. The Labute approximate surface area is 133 Å². The molecule has 0 radical (unpaired) electrons. The zero-order valence-corrected chi connectivity index (χ0v) is 14.9. The van der Waals surface area contributed by atoms with E-state index in [1.165, 1.54) is 70.8 Å². The Morgan fingerprint density at radius 1 is 0.905 bits per heavy atom. The fourth-order valence-corrected chi connectivity index (χ4v) is 4.89. The molecule has 2 aliphatic rings. The fraction of sp³-hybridized carbons (Fsp3) is 1.00. The SMILES string of the molecule is CCCC1CCC(CNC(C)C)C(CC2CCCCC2)C1. The van der Waals surface area contributed by atoms with E-state index in [1.807, 2.05) is 0 Å². The number of hydrogen-bond acceptors (Lipinski definition) is 1. The monoisotopic (exact) mass is 293 g/mol. The topological polar surface area (TPSA) is 12.0 Å². The van der Waals surface area contributed by atoms with Crippen molar-refractivity contribution in [2.24, 2.45) is 23.7 Å². The summed E-state index contributed by atoms with van der Waals surface area (Å²) in [6, 6.07) is 0.647. The second-order valence-corrected chi connectivity index (χ2v) is 8.29. The average molecular weight is 294 g/mol. The zero-order valence-electron chi connectivity index (χ0n) is 14.9. The lowest BCUT2D eigenvalue weighted by molar-refractivity contribution is 0.130. The summed E-state index contributed by atoms with van der Waals surface area (Å²) in [5.74, 6) is 4.08. The Hall–Kier alpha value is -0.0400. The van der Waals surface area contributed by atoms with E-state index in [2.05, 4.69) is 26.1 Å². The number of rotatable bonds is 7. The first-order chi connectivity index (χ1) is 10.2. The second kappa shape index (κ2) is 9.18. The Morgan fingerprint density at radius 2 is 1.67 bits per heavy atom. The van der Waals surface area contributed by atoms with Crippen LogP contribution in [0.4, 0.5) is 0 Å². The van der Waals surface area contributed by atoms with Crippen molar-refractivity contribution in [3.05, 3.63) is 0 Å². The highest BCUT2D eigenvalue weighted by Crippen LogP contribution is 2.41. The van der Waals surface area contributed by atoms with Gasteiger partial charge in [-0.25, -0.2) is 0 Å². The van der Waals surface area contributed by atoms with E-state index in [-0.39, 0.29) is 0 Å². The van der Waals surface area contributed by atoms with Gasteiger partial charge in [0, 0.05) is 6.04 Å². The first kappa shape index (κ1) is 17.3. The minimum Gasteiger partial charge on any atom is -0.314 e. The number of nitrogens with one attached hydrogen (secondary N) is 1. The van der Waals surface area contributed by atoms with Crippen molar-refractivity contribution >= 4 is 0 Å². The largest absolute Gasteiger partial charge is 0.314 e. The van der Waals surface area contributed by atoms with Gasteiger partial charge in [-0.15, -0.1) is 0 Å². The lowest BCUT2D eigenvalue weighted by Crippen LogP contribution is -2.36. The predicted molar refractivity (Wildman–Crippen MR) is 93.6 cm³/mol. The molecule has 0 aromatic carbocycles. The van der Waals surface area contributed by atoms with Crippen LogP contribution in [0.25, 0.3) is 0 Å². The molecule has 21 heavy (non-hydrogen) atoms. The van der Waals surface area contributed by atoms with Crippen molar-refractivity contribution in [2.45, 2.75) is 97.4 Å². The molecule has 0 aromatic heterocycles. The van der Waals surface area contributed by atoms with Crippen LogP contribution in [0, 0.1) is 23.7 Å². The van der Waals surface area contributed by atoms with Crippen LogP contribution in [0.3, 0.4) is 0 Å². The van der Waals surface area contributed by atoms with E-state index in [9.17, 15) is 0 Å². The Bertz CT molecular complexity index is 267. The standard InChI is InChI=1S/C20H39N/c1-4-8-17-11-12-19(15-21-16(2)3)20(13-17)14-18-9-6-5-7-10-18/h16-21H,4-15H2,1-3H3. The van der Waals surface area contributed by atoms with Gasteiger partial charge in [0.05, 0.1) is 0 Å². The molecule has 1 heteroatoms. The van der Waals surface area contributed by atoms with Gasteiger partial charge in [0.15, 0.2) is 0 Å². The van der Waals surface area contributed by atoms with Gasteiger partial charge < -0.3 is 5.32 Å². The van der Waals surface area contributed by atoms with Gasteiger partial charge in [-0.1, -0.05) is 72.1 Å². The third-order valence-corrected chi connectivity index (χ3v) is 6.09. The number of hydrogen-bond donors (Lipinski definition) is 1. The molecule has 0 saturated heterocycles. The summed E-state index contributed by atoms with van der Waals surface area (Å²) in [4.78, 5) is 0. The molecular formula is C20H39N. The molecule has 0 bridgehead atoms. The summed E-state index contributed by atoms with van der Waals surface area (Å²) >= 11 is 0. The predicted octanol–water partition coefficient (Wildman–Crippen LogP) is 5.79. The molecule has 2 aliphatic carbocycles. The van der Waals surface area contributed by atoms with Gasteiger partial charge in [-0.2, -0.15) is 0 Å². The van der Waals surface area contributed by atoms with Crippen LogP contribution in [0.5, 0.6) is 0 Å². The van der Waals surface area contributed by atoms with E-state index >= 15 is 0 Å². The lowest BCUT2D eigenvalue weighted by atomic mass is 9.68. The average Bonchev–Trinajstić information content (AvgIpc) is 2.48. The van der Waals surface area contributed by atoms with Crippen LogP contribution in [-0.2, 0) is 0 Å². The molecule has 2 rings (SSSR count). The van der Waals surface area contributed by atoms with Gasteiger partial charge in [-0.3, -0.25) is 0 Å². The van der Waals surface area contributed by atoms with Crippen molar-refractivity contribution < 1.29 is 0 Å². The minimum atomic E-state index is 0.647. The molecule has 1 N–H and O–H groups in total. The lowest BCUT2D eigenvalue weighted by Gasteiger charge is -2.39. The first-order valence-electron chi connectivity index (χ1n) is 9.92. The normalized spacial score (nSPS) is 31.7. The molecule has 2 fully saturated rings. The van der Waals surface area contributed by atoms with Crippen LogP contribution in [-0.4, -0.2) is 12.6 Å². The molecule has 0 aromatic rings. The third-order valence-electron chi connectivity index (χ3n) is 6.09. The van der Waals surface area contributed by atoms with Gasteiger partial charge in [0.2, 0.25) is 0 Å². The first-order valence-corrected chi connectivity index (χ1v) is 9.92. The van der Waals surface area contributed by atoms with Crippen LogP contribution in [0.1, 0.15) is 91.4 Å². The van der Waals surface area contributed by atoms with E-state index in [4.69, 9.17) is 0 Å². The smallest absolute Gasteiger partial charge is 0.00104 e. The summed E-state index contributed by atoms with van der Waals surface area (Å²) in [6.45, 7) is 8.22. The quantitative estimate of drug-likeness (QED) is 0.626. The maximum atomic E-state index is 3.73. The summed E-state index contributed by atoms with van der Waals surface area (Å²) in [7, 11) is 0. The molecular weight excluding hydrogens is 254 g/mol. The molecule has 1 nitrogen and oxygen atoms in total. The van der Waals surface area contributed by atoms with Gasteiger partial charge in [0.1, 0.15) is 0 Å². The van der Waals surface area contributed by atoms with Crippen LogP contribution >= 0.6 is 0 Å². The van der Waals surface area contributed by atoms with E-state index in [0.29, 0.717) is 6.04 Å². The maximum absolute atomic E-state index is 3.73. The van der Waals surface area contributed by atoms with Crippen LogP contribution in [0.2, 0.25) is 0 Å². The Balaban J connectivity index is 1.87. The highest BCUT2D eigenvalue weighted by atomic mass is 14.9. The van der Waals surface area contributed by atoms with Gasteiger partial charge >= 0.3 is 0 Å². The third kappa shape index (κ3) is 5.93. The van der Waals surface area contributed by atoms with Gasteiger partial charge in [0.25, 0.3) is 0 Å². The fourth-order valence-electron chi connectivity index (χ4n) is 4.89. The highest BCUT2D eigenvalue weighted by Gasteiger charge is 2.31. The van der Waals surface area contributed by atoms with Crippen molar-refractivity contribution in [3.8, 4) is 0 Å². The van der Waals surface area contributed by atoms with E-state index in [1.54, 1.807) is 6.42 Å². The molecule has 0 amide bonds. The van der Waals surface area contributed by atoms with Crippen molar-refractivity contribution in [1.29, 1.82) is 0 Å². The molecule has 124 valence electrons. The maximum Gasteiger partial charge on any atom is 0.00104 e. The molecule has 3 unspecified atom stereocenters. The molecule has 0 heterocycles. The van der Waals surface area contributed by atoms with Gasteiger partial charge in [-0.05, 0) is 49.5 Å². The van der Waals surface area contributed by atoms with E-state index < -0.39 is 0 Å². The molecule has 3 atom stereocenters. The zero-order chi connectivity index (χ0) is 15.1. The van der Waals surface area contributed by atoms with Crippen molar-refractivity contribution in [3.63, 3.8) is 0 Å². The van der Waals surface area contributed by atoms with Crippen molar-refractivity contribution in [1.82, 2.24) is 5.32 Å². The second-order valence-electron chi connectivity index (χ2n) is 8.29. The summed E-state index contributed by atoms with van der Waals surface area (Å²) in [5, 5.41) is 3.73. The van der Waals surface area contributed by atoms with E-state index in [0.717, 1.165) is 23.7 Å². The molecule has 2 saturated carbocycles. The van der Waals surface area contributed by atoms with Crippen LogP contribution < -0.4 is 5.32 Å². The Kier molecular flexibility index (Phi) is 7.57. The minimum absolute atomic E-state index is 0.647. The van der Waals surface area contributed by atoms with Crippen molar-refractivity contribution in [2.75, 3.05) is 6.54 Å². The summed E-state index contributed by atoms with van der Waals surface area (Å²) in [5.41, 5.74) is 0.